The van der Waals surface area contributed by atoms with Gasteiger partial charge in [0.05, 0.1) is 21.8 Å². The van der Waals surface area contributed by atoms with Crippen molar-refractivity contribution in [1.29, 1.82) is 5.26 Å². The van der Waals surface area contributed by atoms with E-state index in [1.807, 2.05) is 0 Å². The van der Waals surface area contributed by atoms with Crippen LogP contribution in [0.1, 0.15) is 21.5 Å². The summed E-state index contributed by atoms with van der Waals surface area (Å²) < 4.78 is 0. The SMILES string of the molecule is N#Cc1c(Cl)cccc1NCc1ccc(C(=O)O)cc1. The highest BCUT2D eigenvalue weighted by atomic mass is 35.5. The highest BCUT2D eigenvalue weighted by Crippen LogP contribution is 2.23. The van der Waals surface area contributed by atoms with Crippen molar-refractivity contribution in [2.75, 3.05) is 5.32 Å². The average molecular weight is 287 g/mol. The molecule has 0 bridgehead atoms. The minimum absolute atomic E-state index is 0.245. The number of nitriles is 1. The van der Waals surface area contributed by atoms with Crippen LogP contribution in [0, 0.1) is 11.3 Å². The van der Waals surface area contributed by atoms with Gasteiger partial charge in [0.15, 0.2) is 0 Å². The second kappa shape index (κ2) is 6.09. The molecule has 0 amide bonds. The lowest BCUT2D eigenvalue weighted by atomic mass is 10.1. The molecular formula is C15H11ClN2O2. The molecule has 0 fully saturated rings. The second-order valence-corrected chi connectivity index (χ2v) is 4.54. The molecule has 0 atom stereocenters. The molecule has 0 saturated carbocycles. The molecule has 2 aromatic rings. The number of hydrogen-bond donors (Lipinski definition) is 2. The van der Waals surface area contributed by atoms with Crippen LogP contribution >= 0.6 is 11.6 Å². The van der Waals surface area contributed by atoms with E-state index in [4.69, 9.17) is 22.0 Å². The van der Waals surface area contributed by atoms with E-state index >= 15 is 0 Å². The van der Waals surface area contributed by atoms with E-state index in [1.54, 1.807) is 42.5 Å². The number of carbonyl (C=O) groups is 1. The number of hydrogen-bond acceptors (Lipinski definition) is 3. The number of rotatable bonds is 4. The normalized spacial score (nSPS) is 9.80. The Balaban J connectivity index is 2.11. The number of anilines is 1. The zero-order chi connectivity index (χ0) is 14.5. The van der Waals surface area contributed by atoms with Gasteiger partial charge in [0.25, 0.3) is 0 Å². The number of carboxylic acids is 1. The maximum absolute atomic E-state index is 10.7. The summed E-state index contributed by atoms with van der Waals surface area (Å²) in [6.07, 6.45) is 0. The summed E-state index contributed by atoms with van der Waals surface area (Å²) in [7, 11) is 0. The lowest BCUT2D eigenvalue weighted by Crippen LogP contribution is -2.02. The predicted molar refractivity (Wildman–Crippen MR) is 76.9 cm³/mol. The van der Waals surface area contributed by atoms with E-state index in [-0.39, 0.29) is 5.56 Å². The van der Waals surface area contributed by atoms with Gasteiger partial charge < -0.3 is 10.4 Å². The molecule has 20 heavy (non-hydrogen) atoms. The van der Waals surface area contributed by atoms with Crippen molar-refractivity contribution in [3.05, 3.63) is 64.2 Å². The van der Waals surface area contributed by atoms with Crippen LogP contribution in [-0.2, 0) is 6.54 Å². The highest BCUT2D eigenvalue weighted by Gasteiger charge is 2.06. The Morgan fingerprint density at radius 1 is 1.25 bits per heavy atom. The van der Waals surface area contributed by atoms with Crippen LogP contribution in [-0.4, -0.2) is 11.1 Å². The maximum atomic E-state index is 10.7. The van der Waals surface area contributed by atoms with Crippen LogP contribution in [0.15, 0.2) is 42.5 Å². The van der Waals surface area contributed by atoms with Gasteiger partial charge >= 0.3 is 5.97 Å². The second-order valence-electron chi connectivity index (χ2n) is 4.13. The van der Waals surface area contributed by atoms with Crippen molar-refractivity contribution in [3.8, 4) is 6.07 Å². The minimum Gasteiger partial charge on any atom is -0.478 e. The molecule has 2 rings (SSSR count). The third kappa shape index (κ3) is 3.08. The van der Waals surface area contributed by atoms with Crippen molar-refractivity contribution < 1.29 is 9.90 Å². The van der Waals surface area contributed by atoms with E-state index in [2.05, 4.69) is 11.4 Å². The minimum atomic E-state index is -0.953. The van der Waals surface area contributed by atoms with Crippen molar-refractivity contribution >= 4 is 23.3 Å². The predicted octanol–water partition coefficient (Wildman–Crippen LogP) is 3.52. The van der Waals surface area contributed by atoms with Crippen LogP contribution in [0.5, 0.6) is 0 Å². The number of aromatic carboxylic acids is 1. The van der Waals surface area contributed by atoms with E-state index in [0.29, 0.717) is 22.8 Å². The van der Waals surface area contributed by atoms with Crippen LogP contribution in [0.4, 0.5) is 5.69 Å². The molecule has 0 spiro atoms. The molecule has 2 N–H and O–H groups in total. The molecule has 0 unspecified atom stereocenters. The van der Waals surface area contributed by atoms with Gasteiger partial charge in [0.2, 0.25) is 0 Å². The van der Waals surface area contributed by atoms with Crippen LogP contribution in [0.25, 0.3) is 0 Å². The van der Waals surface area contributed by atoms with E-state index in [0.717, 1.165) is 5.56 Å². The van der Waals surface area contributed by atoms with Gasteiger partial charge in [0, 0.05) is 6.54 Å². The molecule has 2 aromatic carbocycles. The zero-order valence-corrected chi connectivity index (χ0v) is 11.2. The first-order valence-corrected chi connectivity index (χ1v) is 6.24. The molecule has 0 aromatic heterocycles. The Labute approximate surface area is 121 Å². The van der Waals surface area contributed by atoms with Gasteiger partial charge in [-0.1, -0.05) is 29.8 Å². The van der Waals surface area contributed by atoms with Gasteiger partial charge in [-0.15, -0.1) is 0 Å². The Bertz CT molecular complexity index is 675. The smallest absolute Gasteiger partial charge is 0.335 e. The van der Waals surface area contributed by atoms with E-state index in [9.17, 15) is 4.79 Å². The molecule has 0 heterocycles. The van der Waals surface area contributed by atoms with Crippen molar-refractivity contribution in [1.82, 2.24) is 0 Å². The van der Waals surface area contributed by atoms with Crippen LogP contribution in [0.3, 0.4) is 0 Å². The first-order valence-electron chi connectivity index (χ1n) is 5.86. The Hall–Kier alpha value is -2.51. The first-order chi connectivity index (χ1) is 9.61. The quantitative estimate of drug-likeness (QED) is 0.902. The largest absolute Gasteiger partial charge is 0.478 e. The van der Waals surface area contributed by atoms with Crippen molar-refractivity contribution in [3.63, 3.8) is 0 Å². The Morgan fingerprint density at radius 3 is 2.55 bits per heavy atom. The summed E-state index contributed by atoms with van der Waals surface area (Å²) in [6.45, 7) is 0.481. The monoisotopic (exact) mass is 286 g/mol. The fraction of sp³-hybridized carbons (Fsp3) is 0.0667. The standard InChI is InChI=1S/C15H11ClN2O2/c16-13-2-1-3-14(12(13)8-17)18-9-10-4-6-11(7-5-10)15(19)20/h1-7,18H,9H2,(H,19,20). The summed E-state index contributed by atoms with van der Waals surface area (Å²) >= 11 is 5.94. The number of benzene rings is 2. The number of halogens is 1. The van der Waals surface area contributed by atoms with Gasteiger partial charge in [0.1, 0.15) is 6.07 Å². The lowest BCUT2D eigenvalue weighted by Gasteiger charge is -2.09. The summed E-state index contributed by atoms with van der Waals surface area (Å²) in [5, 5.41) is 21.4. The Morgan fingerprint density at radius 2 is 1.95 bits per heavy atom. The third-order valence-electron chi connectivity index (χ3n) is 2.81. The van der Waals surface area contributed by atoms with Gasteiger partial charge in [-0.3, -0.25) is 0 Å². The molecule has 0 aliphatic carbocycles. The molecule has 0 aliphatic rings. The zero-order valence-electron chi connectivity index (χ0n) is 10.4. The van der Waals surface area contributed by atoms with Crippen molar-refractivity contribution in [2.45, 2.75) is 6.54 Å². The molecule has 0 saturated heterocycles. The van der Waals surface area contributed by atoms with Gasteiger partial charge in [-0.2, -0.15) is 5.26 Å². The van der Waals surface area contributed by atoms with E-state index in [1.165, 1.54) is 0 Å². The summed E-state index contributed by atoms with van der Waals surface area (Å²) in [5.74, 6) is -0.953. The summed E-state index contributed by atoms with van der Waals surface area (Å²) in [6, 6.07) is 13.8. The molecular weight excluding hydrogens is 276 g/mol. The van der Waals surface area contributed by atoms with Crippen molar-refractivity contribution in [2.24, 2.45) is 0 Å². The fourth-order valence-corrected chi connectivity index (χ4v) is 1.96. The van der Waals surface area contributed by atoms with E-state index < -0.39 is 5.97 Å². The maximum Gasteiger partial charge on any atom is 0.335 e. The number of nitrogens with zero attached hydrogens (tertiary/aromatic N) is 1. The number of nitrogens with one attached hydrogen (secondary N) is 1. The van der Waals surface area contributed by atoms with Gasteiger partial charge in [-0.25, -0.2) is 4.79 Å². The highest BCUT2D eigenvalue weighted by molar-refractivity contribution is 6.32. The number of carboxylic acid groups (broad SMARTS) is 1. The lowest BCUT2D eigenvalue weighted by molar-refractivity contribution is 0.0697. The first kappa shape index (κ1) is 13.9. The molecule has 0 aliphatic heterocycles. The van der Waals surface area contributed by atoms with Crippen LogP contribution < -0.4 is 5.32 Å². The Kier molecular flexibility index (Phi) is 4.24. The average Bonchev–Trinajstić information content (AvgIpc) is 2.45. The topological polar surface area (TPSA) is 73.1 Å². The molecule has 4 nitrogen and oxygen atoms in total. The molecule has 5 heteroatoms. The fourth-order valence-electron chi connectivity index (χ4n) is 1.75. The third-order valence-corrected chi connectivity index (χ3v) is 3.12. The van der Waals surface area contributed by atoms with Crippen LogP contribution in [0.2, 0.25) is 5.02 Å². The molecule has 0 radical (unpaired) electrons. The summed E-state index contributed by atoms with van der Waals surface area (Å²) in [5.41, 5.74) is 2.21. The molecule has 100 valence electrons. The summed E-state index contributed by atoms with van der Waals surface area (Å²) in [4.78, 5) is 10.7. The van der Waals surface area contributed by atoms with Gasteiger partial charge in [-0.05, 0) is 29.8 Å².